The van der Waals surface area contributed by atoms with E-state index in [9.17, 15) is 17.6 Å². The largest absolute Gasteiger partial charge is 0.419 e. The van der Waals surface area contributed by atoms with Gasteiger partial charge in [0.15, 0.2) is 0 Å². The monoisotopic (exact) mass is 276 g/mol. The summed E-state index contributed by atoms with van der Waals surface area (Å²) < 4.78 is 50.7. The average Bonchev–Trinajstić information content (AvgIpc) is 2.37. The molecule has 1 saturated heterocycles. The topological polar surface area (TPSA) is 24.1 Å². The van der Waals surface area contributed by atoms with Crippen molar-refractivity contribution >= 4 is 5.69 Å². The maximum absolute atomic E-state index is 13.1. The van der Waals surface area contributed by atoms with Crippen LogP contribution in [0.25, 0.3) is 0 Å². The Hall–Kier alpha value is -1.30. The maximum atomic E-state index is 13.1. The average molecular weight is 276 g/mol. The van der Waals surface area contributed by atoms with E-state index in [1.807, 2.05) is 0 Å². The summed E-state index contributed by atoms with van der Waals surface area (Å²) in [6.07, 6.45) is -2.54. The van der Waals surface area contributed by atoms with Crippen molar-refractivity contribution in [2.24, 2.45) is 5.92 Å². The van der Waals surface area contributed by atoms with Crippen LogP contribution >= 0.6 is 0 Å². The number of anilines is 1. The minimum Gasteiger partial charge on any atom is -0.385 e. The molecule has 1 heterocycles. The normalized spacial score (nSPS) is 20.3. The second-order valence-corrected chi connectivity index (χ2v) is 4.79. The lowest BCUT2D eigenvalue weighted by atomic mass is 9.99. The van der Waals surface area contributed by atoms with E-state index >= 15 is 0 Å². The van der Waals surface area contributed by atoms with Crippen molar-refractivity contribution in [3.63, 3.8) is 0 Å². The summed E-state index contributed by atoms with van der Waals surface area (Å²) in [7, 11) is 0. The minimum absolute atomic E-state index is 0.305. The van der Waals surface area contributed by atoms with Gasteiger partial charge in [-0.3, -0.25) is 0 Å². The number of hydrogen-bond acceptors (Lipinski definition) is 2. The number of halogens is 4. The predicted octanol–water partition coefficient (Wildman–Crippen LogP) is 3.26. The number of alkyl halides is 3. The lowest BCUT2D eigenvalue weighted by Crippen LogP contribution is -2.33. The van der Waals surface area contributed by atoms with Crippen LogP contribution in [0.3, 0.4) is 0 Å². The van der Waals surface area contributed by atoms with Gasteiger partial charge in [-0.05, 0) is 50.0 Å². The summed E-state index contributed by atoms with van der Waals surface area (Å²) in [5.74, 6) is -0.842. The fraction of sp³-hybridized carbons (Fsp3) is 0.538. The van der Waals surface area contributed by atoms with Crippen LogP contribution in [0.15, 0.2) is 18.2 Å². The highest BCUT2D eigenvalue weighted by molar-refractivity contribution is 5.47. The molecule has 0 aromatic heterocycles. The third kappa shape index (κ3) is 3.83. The Bertz CT molecular complexity index is 425. The molecule has 106 valence electrons. The molecule has 6 heteroatoms. The van der Waals surface area contributed by atoms with Crippen molar-refractivity contribution in [1.29, 1.82) is 0 Å². The van der Waals surface area contributed by atoms with E-state index in [0.717, 1.165) is 38.1 Å². The standard InChI is InChI=1S/C13H16F4N2/c14-12-4-3-10(6-11(12)13(15,16)17)19-8-9-2-1-5-18-7-9/h3-4,6,9,18-19H,1-2,5,7-8H2. The van der Waals surface area contributed by atoms with Gasteiger partial charge in [-0.15, -0.1) is 0 Å². The zero-order valence-electron chi connectivity index (χ0n) is 10.4. The fourth-order valence-corrected chi connectivity index (χ4v) is 2.21. The molecule has 0 radical (unpaired) electrons. The molecular weight excluding hydrogens is 260 g/mol. The molecule has 19 heavy (non-hydrogen) atoms. The first kappa shape index (κ1) is 14.1. The second-order valence-electron chi connectivity index (χ2n) is 4.79. The molecule has 2 nitrogen and oxygen atoms in total. The molecule has 0 saturated carbocycles. The van der Waals surface area contributed by atoms with Crippen LogP contribution in [0.4, 0.5) is 23.2 Å². The Morgan fingerprint density at radius 2 is 2.11 bits per heavy atom. The second kappa shape index (κ2) is 5.77. The van der Waals surface area contributed by atoms with Crippen LogP contribution in [-0.4, -0.2) is 19.6 Å². The van der Waals surface area contributed by atoms with Gasteiger partial charge >= 0.3 is 6.18 Å². The third-order valence-electron chi connectivity index (χ3n) is 3.27. The molecule has 1 aliphatic rings. The summed E-state index contributed by atoms with van der Waals surface area (Å²) in [5.41, 5.74) is -0.918. The number of benzene rings is 1. The molecule has 0 amide bonds. The van der Waals surface area contributed by atoms with E-state index < -0.39 is 17.6 Å². The summed E-state index contributed by atoms with van der Waals surface area (Å²) in [6.45, 7) is 2.45. The van der Waals surface area contributed by atoms with E-state index in [1.165, 1.54) is 6.07 Å². The van der Waals surface area contributed by atoms with E-state index in [1.54, 1.807) is 0 Å². The van der Waals surface area contributed by atoms with E-state index in [2.05, 4.69) is 10.6 Å². The highest BCUT2D eigenvalue weighted by Crippen LogP contribution is 2.33. The smallest absolute Gasteiger partial charge is 0.385 e. The first-order chi connectivity index (χ1) is 8.97. The number of piperidine rings is 1. The van der Waals surface area contributed by atoms with Crippen LogP contribution in [0.1, 0.15) is 18.4 Å². The molecule has 1 aliphatic heterocycles. The van der Waals surface area contributed by atoms with E-state index in [4.69, 9.17) is 0 Å². The zero-order chi connectivity index (χ0) is 13.9. The van der Waals surface area contributed by atoms with E-state index in [0.29, 0.717) is 18.2 Å². The number of nitrogens with one attached hydrogen (secondary N) is 2. The first-order valence-corrected chi connectivity index (χ1v) is 6.28. The van der Waals surface area contributed by atoms with Crippen LogP contribution in [0, 0.1) is 11.7 Å². The molecule has 1 aromatic carbocycles. The van der Waals surface area contributed by atoms with Crippen molar-refractivity contribution in [3.8, 4) is 0 Å². The van der Waals surface area contributed by atoms with Gasteiger partial charge in [0.05, 0.1) is 5.56 Å². The molecule has 1 unspecified atom stereocenters. The van der Waals surface area contributed by atoms with Crippen molar-refractivity contribution in [2.75, 3.05) is 25.0 Å². The molecule has 1 aromatic rings. The predicted molar refractivity (Wildman–Crippen MR) is 65.5 cm³/mol. The van der Waals surface area contributed by atoms with Crippen LogP contribution < -0.4 is 10.6 Å². The highest BCUT2D eigenvalue weighted by atomic mass is 19.4. The van der Waals surface area contributed by atoms with Gasteiger partial charge in [0.1, 0.15) is 5.82 Å². The van der Waals surface area contributed by atoms with Gasteiger partial charge in [-0.2, -0.15) is 13.2 Å². The lowest BCUT2D eigenvalue weighted by molar-refractivity contribution is -0.139. The van der Waals surface area contributed by atoms with Gasteiger partial charge in [0, 0.05) is 12.2 Å². The quantitative estimate of drug-likeness (QED) is 0.828. The Morgan fingerprint density at radius 3 is 2.74 bits per heavy atom. The van der Waals surface area contributed by atoms with Crippen molar-refractivity contribution in [2.45, 2.75) is 19.0 Å². The highest BCUT2D eigenvalue weighted by Gasteiger charge is 2.34. The first-order valence-electron chi connectivity index (χ1n) is 6.28. The fourth-order valence-electron chi connectivity index (χ4n) is 2.21. The Balaban J connectivity index is 2.00. The molecule has 0 aliphatic carbocycles. The summed E-state index contributed by atoms with van der Waals surface area (Å²) in [6, 6.07) is 3.01. The molecule has 0 bridgehead atoms. The lowest BCUT2D eigenvalue weighted by Gasteiger charge is -2.23. The molecular formula is C13H16F4N2. The number of rotatable bonds is 3. The molecule has 2 N–H and O–H groups in total. The molecule has 1 fully saturated rings. The summed E-state index contributed by atoms with van der Waals surface area (Å²) >= 11 is 0. The van der Waals surface area contributed by atoms with Crippen LogP contribution in [0.2, 0.25) is 0 Å². The SMILES string of the molecule is Fc1ccc(NCC2CCCNC2)cc1C(F)(F)F. The van der Waals surface area contributed by atoms with Crippen LogP contribution in [-0.2, 0) is 6.18 Å². The Labute approximate surface area is 109 Å². The van der Waals surface area contributed by atoms with E-state index in [-0.39, 0.29) is 0 Å². The summed E-state index contributed by atoms with van der Waals surface area (Å²) in [5, 5.41) is 6.18. The molecule has 1 atom stereocenters. The zero-order valence-corrected chi connectivity index (χ0v) is 10.4. The Kier molecular flexibility index (Phi) is 4.29. The summed E-state index contributed by atoms with van der Waals surface area (Å²) in [4.78, 5) is 0. The minimum atomic E-state index is -4.66. The van der Waals surface area contributed by atoms with Gasteiger partial charge in [0.2, 0.25) is 0 Å². The van der Waals surface area contributed by atoms with Gasteiger partial charge in [0.25, 0.3) is 0 Å². The number of hydrogen-bond donors (Lipinski definition) is 2. The maximum Gasteiger partial charge on any atom is 0.419 e. The van der Waals surface area contributed by atoms with Gasteiger partial charge < -0.3 is 10.6 Å². The molecule has 2 rings (SSSR count). The Morgan fingerprint density at radius 1 is 1.32 bits per heavy atom. The van der Waals surface area contributed by atoms with Crippen LogP contribution in [0.5, 0.6) is 0 Å². The third-order valence-corrected chi connectivity index (χ3v) is 3.27. The van der Waals surface area contributed by atoms with Crippen molar-refractivity contribution < 1.29 is 17.6 Å². The van der Waals surface area contributed by atoms with Gasteiger partial charge in [-0.25, -0.2) is 4.39 Å². The van der Waals surface area contributed by atoms with Crippen molar-refractivity contribution in [3.05, 3.63) is 29.6 Å². The van der Waals surface area contributed by atoms with Gasteiger partial charge in [-0.1, -0.05) is 0 Å². The molecule has 0 spiro atoms. The van der Waals surface area contributed by atoms with Crippen molar-refractivity contribution in [1.82, 2.24) is 5.32 Å².